The van der Waals surface area contributed by atoms with Gasteiger partial charge in [-0.3, -0.25) is 4.79 Å². The number of hydrogen-bond acceptors (Lipinski definition) is 4. The van der Waals surface area contributed by atoms with Crippen molar-refractivity contribution in [2.75, 3.05) is 6.61 Å². The van der Waals surface area contributed by atoms with E-state index in [2.05, 4.69) is 27.8 Å². The van der Waals surface area contributed by atoms with Crippen LogP contribution in [-0.4, -0.2) is 20.9 Å². The highest BCUT2D eigenvalue weighted by Crippen LogP contribution is 2.26. The number of carbonyl (C=O) groups is 1. The van der Waals surface area contributed by atoms with Crippen LogP contribution >= 0.6 is 15.9 Å². The van der Waals surface area contributed by atoms with Crippen molar-refractivity contribution in [3.8, 4) is 5.75 Å². The van der Waals surface area contributed by atoms with Crippen LogP contribution in [0.2, 0.25) is 0 Å². The van der Waals surface area contributed by atoms with Crippen molar-refractivity contribution in [2.45, 2.75) is 11.4 Å². The molecule has 0 saturated heterocycles. The number of rotatable bonds is 7. The van der Waals surface area contributed by atoms with Crippen LogP contribution in [0.5, 0.6) is 5.75 Å². The standard InChI is InChI=1S/C17H17BrN2O4S/c1-2-9-24-16-8-5-13(10-15(16)18)17(21)20-11-12-3-6-14(7-4-12)25(19,22)23/h2-8,10H,1,9,11H2,(H,20,21)(H2,19,22,23). The summed E-state index contributed by atoms with van der Waals surface area (Å²) in [5.41, 5.74) is 1.23. The fraction of sp³-hybridized carbons (Fsp3) is 0.118. The zero-order valence-corrected chi connectivity index (χ0v) is 15.6. The topological polar surface area (TPSA) is 98.5 Å². The van der Waals surface area contributed by atoms with Crippen LogP contribution in [0.3, 0.4) is 0 Å². The summed E-state index contributed by atoms with van der Waals surface area (Å²) in [6, 6.07) is 11.0. The molecule has 132 valence electrons. The third-order valence-corrected chi connectivity index (χ3v) is 4.80. The van der Waals surface area contributed by atoms with Gasteiger partial charge in [0.1, 0.15) is 12.4 Å². The summed E-state index contributed by atoms with van der Waals surface area (Å²) in [7, 11) is -3.72. The maximum Gasteiger partial charge on any atom is 0.251 e. The van der Waals surface area contributed by atoms with Crippen LogP contribution in [-0.2, 0) is 16.6 Å². The largest absolute Gasteiger partial charge is 0.488 e. The molecule has 0 bridgehead atoms. The lowest BCUT2D eigenvalue weighted by atomic mass is 10.2. The van der Waals surface area contributed by atoms with Crippen molar-refractivity contribution in [3.05, 3.63) is 70.7 Å². The summed E-state index contributed by atoms with van der Waals surface area (Å²) in [6.45, 7) is 4.21. The van der Waals surface area contributed by atoms with Gasteiger partial charge in [0, 0.05) is 12.1 Å². The van der Waals surface area contributed by atoms with E-state index in [9.17, 15) is 13.2 Å². The van der Waals surface area contributed by atoms with Gasteiger partial charge < -0.3 is 10.1 Å². The number of nitrogens with one attached hydrogen (secondary N) is 1. The first-order chi connectivity index (χ1) is 11.8. The zero-order chi connectivity index (χ0) is 18.4. The molecule has 1 amide bonds. The number of carbonyl (C=O) groups excluding carboxylic acids is 1. The third-order valence-electron chi connectivity index (χ3n) is 3.26. The number of amides is 1. The number of primary sulfonamides is 1. The molecule has 0 heterocycles. The van der Waals surface area contributed by atoms with E-state index in [-0.39, 0.29) is 17.3 Å². The summed E-state index contributed by atoms with van der Waals surface area (Å²) < 4.78 is 28.5. The molecule has 6 nitrogen and oxygen atoms in total. The Morgan fingerprint density at radius 1 is 1.24 bits per heavy atom. The minimum absolute atomic E-state index is 0.0293. The van der Waals surface area contributed by atoms with Crippen LogP contribution in [0.4, 0.5) is 0 Å². The predicted octanol–water partition coefficient (Wildman–Crippen LogP) is 2.59. The van der Waals surface area contributed by atoms with Crippen LogP contribution in [0.1, 0.15) is 15.9 Å². The van der Waals surface area contributed by atoms with E-state index in [0.29, 0.717) is 22.4 Å². The van der Waals surface area contributed by atoms with E-state index < -0.39 is 10.0 Å². The highest BCUT2D eigenvalue weighted by atomic mass is 79.9. The number of benzene rings is 2. The molecule has 0 aliphatic heterocycles. The molecule has 2 aromatic rings. The van der Waals surface area contributed by atoms with E-state index in [1.54, 1.807) is 36.4 Å². The summed E-state index contributed by atoms with van der Waals surface area (Å²) in [5.74, 6) is 0.363. The van der Waals surface area contributed by atoms with Gasteiger partial charge in [-0.25, -0.2) is 13.6 Å². The van der Waals surface area contributed by atoms with E-state index in [4.69, 9.17) is 9.88 Å². The Morgan fingerprint density at radius 2 is 1.92 bits per heavy atom. The van der Waals surface area contributed by atoms with E-state index in [1.165, 1.54) is 12.1 Å². The van der Waals surface area contributed by atoms with E-state index >= 15 is 0 Å². The van der Waals surface area contributed by atoms with Gasteiger partial charge in [0.2, 0.25) is 10.0 Å². The average Bonchev–Trinajstić information content (AvgIpc) is 2.58. The lowest BCUT2D eigenvalue weighted by Gasteiger charge is -2.09. The summed E-state index contributed by atoms with van der Waals surface area (Å²) in [4.78, 5) is 12.2. The first-order valence-corrected chi connectivity index (χ1v) is 9.58. The zero-order valence-electron chi connectivity index (χ0n) is 13.2. The molecule has 3 N–H and O–H groups in total. The fourth-order valence-corrected chi connectivity index (χ4v) is 3.00. The first kappa shape index (κ1) is 19.2. The molecule has 0 fully saturated rings. The molecular weight excluding hydrogens is 408 g/mol. The second kappa shape index (κ2) is 8.28. The Labute approximate surface area is 154 Å². The maximum absolute atomic E-state index is 12.2. The van der Waals surface area contributed by atoms with E-state index in [1.807, 2.05) is 0 Å². The molecule has 8 heteroatoms. The second-order valence-corrected chi connectivity index (χ2v) is 7.53. The monoisotopic (exact) mass is 424 g/mol. The number of hydrogen-bond donors (Lipinski definition) is 2. The molecule has 0 saturated carbocycles. The normalized spacial score (nSPS) is 11.0. The van der Waals surface area contributed by atoms with Crippen molar-refractivity contribution < 1.29 is 17.9 Å². The number of halogens is 1. The lowest BCUT2D eigenvalue weighted by molar-refractivity contribution is 0.0951. The Balaban J connectivity index is 2.00. The maximum atomic E-state index is 12.2. The molecule has 0 atom stereocenters. The van der Waals surface area contributed by atoms with Crippen molar-refractivity contribution in [3.63, 3.8) is 0 Å². The van der Waals surface area contributed by atoms with E-state index in [0.717, 1.165) is 5.56 Å². The van der Waals surface area contributed by atoms with Gasteiger partial charge >= 0.3 is 0 Å². The molecule has 2 rings (SSSR count). The van der Waals surface area contributed by atoms with Gasteiger partial charge in [-0.15, -0.1) is 0 Å². The van der Waals surface area contributed by atoms with Crippen LogP contribution in [0.15, 0.2) is 64.5 Å². The Hall–Kier alpha value is -2.16. The third kappa shape index (κ3) is 5.42. The quantitative estimate of drug-likeness (QED) is 0.667. The highest BCUT2D eigenvalue weighted by molar-refractivity contribution is 9.10. The molecule has 0 aromatic heterocycles. The van der Waals surface area contributed by atoms with Crippen LogP contribution < -0.4 is 15.2 Å². The lowest BCUT2D eigenvalue weighted by Crippen LogP contribution is -2.22. The number of ether oxygens (including phenoxy) is 1. The first-order valence-electron chi connectivity index (χ1n) is 7.24. The van der Waals surface area contributed by atoms with Gasteiger partial charge in [0.15, 0.2) is 0 Å². The van der Waals surface area contributed by atoms with Crippen molar-refractivity contribution in [1.29, 1.82) is 0 Å². The Morgan fingerprint density at radius 3 is 2.48 bits per heavy atom. The van der Waals surface area contributed by atoms with Crippen molar-refractivity contribution in [2.24, 2.45) is 5.14 Å². The van der Waals surface area contributed by atoms with Gasteiger partial charge in [-0.1, -0.05) is 24.8 Å². The predicted molar refractivity (Wildman–Crippen MR) is 98.8 cm³/mol. The van der Waals surface area contributed by atoms with Gasteiger partial charge in [0.25, 0.3) is 5.91 Å². The van der Waals surface area contributed by atoms with Gasteiger partial charge in [0.05, 0.1) is 9.37 Å². The minimum atomic E-state index is -3.72. The fourth-order valence-electron chi connectivity index (χ4n) is 1.99. The number of nitrogens with two attached hydrogens (primary N) is 1. The molecular formula is C17H17BrN2O4S. The molecule has 0 aliphatic rings. The molecule has 0 unspecified atom stereocenters. The summed E-state index contributed by atoms with van der Waals surface area (Å²) in [5, 5.41) is 7.81. The van der Waals surface area contributed by atoms with Crippen molar-refractivity contribution in [1.82, 2.24) is 5.32 Å². The average molecular weight is 425 g/mol. The molecule has 0 radical (unpaired) electrons. The highest BCUT2D eigenvalue weighted by Gasteiger charge is 2.10. The SMILES string of the molecule is C=CCOc1ccc(C(=O)NCc2ccc(S(N)(=O)=O)cc2)cc1Br. The molecule has 25 heavy (non-hydrogen) atoms. The van der Waals surface area contributed by atoms with Crippen molar-refractivity contribution >= 4 is 31.9 Å². The van der Waals surface area contributed by atoms with Gasteiger partial charge in [-0.05, 0) is 51.8 Å². The molecule has 2 aromatic carbocycles. The summed E-state index contributed by atoms with van der Waals surface area (Å²) >= 11 is 3.36. The molecule has 0 spiro atoms. The minimum Gasteiger partial charge on any atom is -0.488 e. The molecule has 0 aliphatic carbocycles. The second-order valence-electron chi connectivity index (χ2n) is 5.12. The Bertz CT molecular complexity index is 880. The van der Waals surface area contributed by atoms with Crippen LogP contribution in [0, 0.1) is 0 Å². The number of sulfonamides is 1. The smallest absolute Gasteiger partial charge is 0.251 e. The summed E-state index contributed by atoms with van der Waals surface area (Å²) in [6.07, 6.45) is 1.63. The Kier molecular flexibility index (Phi) is 6.35. The van der Waals surface area contributed by atoms with Gasteiger partial charge in [-0.2, -0.15) is 0 Å². The van der Waals surface area contributed by atoms with Crippen LogP contribution in [0.25, 0.3) is 0 Å².